The van der Waals surface area contributed by atoms with Gasteiger partial charge in [-0.2, -0.15) is 5.26 Å². The molecule has 0 spiro atoms. The van der Waals surface area contributed by atoms with Crippen LogP contribution in [0, 0.1) is 64.7 Å². The number of aliphatic hydroxyl groups excluding tert-OH is 1. The van der Waals surface area contributed by atoms with Crippen LogP contribution in [0.1, 0.15) is 159 Å². The van der Waals surface area contributed by atoms with Crippen molar-refractivity contribution in [3.63, 3.8) is 0 Å². The second kappa shape index (κ2) is 74.5. The van der Waals surface area contributed by atoms with Crippen molar-refractivity contribution in [3.8, 4) is 6.07 Å². The quantitative estimate of drug-likeness (QED) is 0.0532. The number of rotatable bonds is 7. The number of nitrogens with zero attached hydrogens (tertiary/aromatic N) is 2. The zero-order chi connectivity index (χ0) is 59.1. The number of aldehydes is 2. The van der Waals surface area contributed by atoms with E-state index in [-0.39, 0.29) is 58.0 Å². The minimum absolute atomic E-state index is 0. The Morgan fingerprint density at radius 2 is 0.733 bits per heavy atom. The molecule has 412 valence electrons. The third-order valence-corrected chi connectivity index (χ3v) is 8.96. The minimum atomic E-state index is -1.67. The number of carbonyl (C=O) groups excluding carboxylic acids is 2. The summed E-state index contributed by atoms with van der Waals surface area (Å²) in [5, 5.41) is 23.4. The molecule has 6 aromatic carbocycles. The molecule has 0 aliphatic carbocycles. The van der Waals surface area contributed by atoms with Crippen molar-refractivity contribution in [2.45, 2.75) is 150 Å². The summed E-state index contributed by atoms with van der Waals surface area (Å²) in [5.74, 6) is 0.618. The summed E-state index contributed by atoms with van der Waals surface area (Å²) in [4.78, 5) is 20.5. The van der Waals surface area contributed by atoms with Crippen molar-refractivity contribution in [1.29, 1.82) is 10.5 Å². The average molecular weight is 1130 g/mol. The molecule has 3 N–H and O–H groups in total. The molecular formula is C63H93Cl3KN3O4S. The van der Waals surface area contributed by atoms with Crippen molar-refractivity contribution in [2.75, 3.05) is 6.54 Å². The van der Waals surface area contributed by atoms with Crippen molar-refractivity contribution < 1.29 is 70.3 Å². The molecule has 0 aliphatic heterocycles. The maximum Gasteiger partial charge on any atom is 1.00 e. The van der Waals surface area contributed by atoms with E-state index < -0.39 is 9.23 Å². The first-order valence-corrected chi connectivity index (χ1v) is 28.5. The van der Waals surface area contributed by atoms with Crippen LogP contribution in [0.2, 0.25) is 0 Å². The van der Waals surface area contributed by atoms with Crippen molar-refractivity contribution in [1.82, 2.24) is 0 Å². The van der Waals surface area contributed by atoms with E-state index in [0.29, 0.717) is 12.3 Å². The van der Waals surface area contributed by atoms with Gasteiger partial charge in [0.05, 0.1) is 19.1 Å². The zero-order valence-electron chi connectivity index (χ0n) is 49.2. The Morgan fingerprint density at radius 3 is 0.920 bits per heavy atom. The molecule has 0 aromatic heterocycles. The molecule has 0 fully saturated rings. The number of alkyl halides is 1. The van der Waals surface area contributed by atoms with Gasteiger partial charge in [0, 0.05) is 38.4 Å². The standard InChI is InChI=1S/C9H13N.C9H9N.C8H9Cl.C8H10O.2C8H8O.6C2H6.CN.Cl2OS.K/c2*1-8-4-2-3-5-9(8)6-7-10;4*1-7-4-2-3-5-8(7)6-9;7*1-2;1-4(2)3;/h2-5H,6-7,10H2,1H3;2-5H,6H2,1H3;2-5H,6H2,1H3;2-5,9H,6H2,1H3;2*2-6H,1H3;6*1-2H3;;;/q;;;;;;;;;;;;-1;;+1. The summed E-state index contributed by atoms with van der Waals surface area (Å²) < 4.78 is 9.09. The summed E-state index contributed by atoms with van der Waals surface area (Å²) in [6, 6.07) is 49.4. The number of aryl methyl sites for hydroxylation is 6. The maximum absolute atomic E-state index is 10.2. The predicted molar refractivity (Wildman–Crippen MR) is 328 cm³/mol. The maximum atomic E-state index is 10.2. The first-order valence-electron chi connectivity index (χ1n) is 25.2. The van der Waals surface area contributed by atoms with Crippen LogP contribution in [0.3, 0.4) is 0 Å². The van der Waals surface area contributed by atoms with Gasteiger partial charge in [-0.1, -0.05) is 229 Å². The minimum Gasteiger partial charge on any atom is -0.512 e. The van der Waals surface area contributed by atoms with E-state index in [2.05, 4.69) is 71.6 Å². The molecular weight excluding hydrogens is 1040 g/mol. The second-order valence-corrected chi connectivity index (χ2v) is 15.8. The molecule has 0 saturated heterocycles. The van der Waals surface area contributed by atoms with Crippen LogP contribution in [0.4, 0.5) is 0 Å². The molecule has 0 unspecified atom stereocenters. The molecule has 12 heteroatoms. The predicted octanol–water partition coefficient (Wildman–Crippen LogP) is 15.7. The Hall–Kier alpha value is -3.78. The molecule has 0 amide bonds. The zero-order valence-corrected chi connectivity index (χ0v) is 55.4. The Kier molecular flexibility index (Phi) is 90.1. The van der Waals surface area contributed by atoms with Gasteiger partial charge in [-0.05, 0) is 110 Å². The first-order chi connectivity index (χ1) is 35.8. The van der Waals surface area contributed by atoms with Crippen LogP contribution in [-0.4, -0.2) is 28.4 Å². The third kappa shape index (κ3) is 56.2. The molecule has 0 radical (unpaired) electrons. The van der Waals surface area contributed by atoms with Crippen LogP contribution in [0.15, 0.2) is 146 Å². The first kappa shape index (κ1) is 90.7. The van der Waals surface area contributed by atoms with Gasteiger partial charge in [0.15, 0.2) is 0 Å². The SMILES string of the molecule is CC.CC.CC.CC.CC.CC.Cc1ccccc1C=O.Cc1ccccc1C=O.Cc1ccccc1CC#N.Cc1ccccc1CCN.Cc1ccccc1CCl.Cc1ccccc1CO.O=S(Cl)Cl.[C-]#N.[K+]. The Morgan fingerprint density at radius 1 is 0.493 bits per heavy atom. The van der Waals surface area contributed by atoms with Crippen molar-refractivity contribution in [3.05, 3.63) is 219 Å². The van der Waals surface area contributed by atoms with E-state index >= 15 is 0 Å². The van der Waals surface area contributed by atoms with Gasteiger partial charge in [-0.15, -0.1) is 11.6 Å². The summed E-state index contributed by atoms with van der Waals surface area (Å²) in [5.41, 5.74) is 18.7. The van der Waals surface area contributed by atoms with Gasteiger partial charge < -0.3 is 22.7 Å². The van der Waals surface area contributed by atoms with E-state index in [9.17, 15) is 9.59 Å². The van der Waals surface area contributed by atoms with Gasteiger partial charge in [0.25, 0.3) is 0 Å². The molecule has 0 saturated carbocycles. The van der Waals surface area contributed by atoms with Gasteiger partial charge in [-0.25, -0.2) is 4.21 Å². The Balaban J connectivity index is -0.0000000935. The fraction of sp³-hybridized carbons (Fsp3) is 0.365. The molecule has 75 heavy (non-hydrogen) atoms. The van der Waals surface area contributed by atoms with E-state index in [0.717, 1.165) is 64.5 Å². The monoisotopic (exact) mass is 1130 g/mol. The second-order valence-electron chi connectivity index (χ2n) is 13.0. The molecule has 6 rings (SSSR count). The van der Waals surface area contributed by atoms with Gasteiger partial charge in [-0.3, -0.25) is 9.59 Å². The summed E-state index contributed by atoms with van der Waals surface area (Å²) in [7, 11) is 7.36. The fourth-order valence-corrected chi connectivity index (χ4v) is 5.23. The summed E-state index contributed by atoms with van der Waals surface area (Å²) in [6.45, 7) is 41.7. The average Bonchev–Trinajstić information content (AvgIpc) is 3.45. The van der Waals surface area contributed by atoms with E-state index in [1.165, 1.54) is 27.8 Å². The Bertz CT molecular complexity index is 2140. The van der Waals surface area contributed by atoms with Crippen LogP contribution >= 0.6 is 33.0 Å². The molecule has 7 nitrogen and oxygen atoms in total. The van der Waals surface area contributed by atoms with Gasteiger partial charge in [0.1, 0.15) is 12.6 Å². The molecule has 0 bridgehead atoms. The normalized spacial score (nSPS) is 7.91. The number of hydrogen-bond acceptors (Lipinski definition) is 7. The van der Waals surface area contributed by atoms with E-state index in [4.69, 9.17) is 43.7 Å². The molecule has 0 atom stereocenters. The topological polar surface area (TPSA) is 145 Å². The number of nitriles is 1. The van der Waals surface area contributed by atoms with Crippen LogP contribution < -0.4 is 57.1 Å². The largest absolute Gasteiger partial charge is 1.00 e. The molecule has 0 heterocycles. The molecule has 6 aromatic rings. The number of halogens is 3. The van der Waals surface area contributed by atoms with Crippen molar-refractivity contribution >= 4 is 54.8 Å². The number of nitrogens with two attached hydrogens (primary N) is 1. The van der Waals surface area contributed by atoms with E-state index in [1.54, 1.807) is 0 Å². The number of carbonyl (C=O) groups is 2. The van der Waals surface area contributed by atoms with Crippen LogP contribution in [0.5, 0.6) is 0 Å². The number of hydrogen-bond donors (Lipinski definition) is 2. The fourth-order valence-electron chi connectivity index (χ4n) is 4.93. The van der Waals surface area contributed by atoms with Crippen LogP contribution in [-0.2, 0) is 34.6 Å². The molecule has 0 aliphatic rings. The third-order valence-electron chi connectivity index (χ3n) is 8.67. The summed E-state index contributed by atoms with van der Waals surface area (Å²) in [6.07, 6.45) is 3.25. The number of benzene rings is 6. The van der Waals surface area contributed by atoms with E-state index in [1.807, 2.05) is 226 Å². The van der Waals surface area contributed by atoms with Crippen LogP contribution in [0.25, 0.3) is 0 Å². The van der Waals surface area contributed by atoms with Gasteiger partial charge in [0.2, 0.25) is 9.23 Å². The number of aliphatic hydroxyl groups is 1. The van der Waals surface area contributed by atoms with Gasteiger partial charge >= 0.3 is 51.4 Å². The summed E-state index contributed by atoms with van der Waals surface area (Å²) >= 11 is 5.63. The smallest absolute Gasteiger partial charge is 0.512 e. The van der Waals surface area contributed by atoms with Crippen molar-refractivity contribution in [2.24, 2.45) is 5.73 Å². The Labute approximate surface area is 517 Å².